The number of hydrogen-bond donors (Lipinski definition) is 2. The van der Waals surface area contributed by atoms with Crippen molar-refractivity contribution in [3.63, 3.8) is 0 Å². The van der Waals surface area contributed by atoms with Crippen LogP contribution in [0.1, 0.15) is 41.8 Å². The zero-order valence-electron chi connectivity index (χ0n) is 16.1. The molecule has 3 rings (SSSR count). The number of carbonyl (C=O) groups is 3. The molecule has 0 atom stereocenters. The number of ether oxygens (including phenoxy) is 2. The fraction of sp³-hybridized carbons (Fsp3) is 0.286. The number of fused-ring (bicyclic) bond motifs is 1. The maximum atomic E-state index is 12.6. The highest BCUT2D eigenvalue weighted by molar-refractivity contribution is 6.04. The lowest BCUT2D eigenvalue weighted by Crippen LogP contribution is -2.35. The first-order valence-corrected chi connectivity index (χ1v) is 9.47. The molecular weight excluding hydrogens is 392 g/mol. The molecule has 2 N–H and O–H groups in total. The van der Waals surface area contributed by atoms with Gasteiger partial charge in [0.2, 0.25) is 6.79 Å². The van der Waals surface area contributed by atoms with Crippen LogP contribution in [-0.2, 0) is 9.59 Å². The summed E-state index contributed by atoms with van der Waals surface area (Å²) >= 11 is 0. The molecule has 9 heteroatoms. The number of carboxylic acids is 1. The fourth-order valence-corrected chi connectivity index (χ4v) is 2.79. The second kappa shape index (κ2) is 10.1. The Kier molecular flexibility index (Phi) is 7.09. The van der Waals surface area contributed by atoms with Crippen molar-refractivity contribution >= 4 is 23.9 Å². The van der Waals surface area contributed by atoms with E-state index in [2.05, 4.69) is 10.6 Å². The number of hydrogen-bond acceptors (Lipinski definition) is 7. The van der Waals surface area contributed by atoms with Gasteiger partial charge in [0.25, 0.3) is 11.8 Å². The number of carbonyl (C=O) groups excluding carboxylic acids is 3. The van der Waals surface area contributed by atoms with Gasteiger partial charge in [-0.1, -0.05) is 12.5 Å². The Morgan fingerprint density at radius 2 is 1.90 bits per heavy atom. The Morgan fingerprint density at radius 3 is 2.67 bits per heavy atom. The number of rotatable bonds is 10. The normalized spacial score (nSPS) is 12.5. The van der Waals surface area contributed by atoms with Crippen molar-refractivity contribution in [3.05, 3.63) is 53.6 Å². The second-order valence-electron chi connectivity index (χ2n) is 6.54. The lowest BCUT2D eigenvalue weighted by molar-refractivity contribution is -0.305. The average molecular weight is 413 g/mol. The molecule has 1 aliphatic rings. The molecule has 0 unspecified atom stereocenters. The zero-order chi connectivity index (χ0) is 21.3. The first-order valence-electron chi connectivity index (χ1n) is 9.47. The molecule has 0 saturated heterocycles. The van der Waals surface area contributed by atoms with Gasteiger partial charge >= 0.3 is 0 Å². The minimum Gasteiger partial charge on any atom is -0.550 e. The van der Waals surface area contributed by atoms with Crippen molar-refractivity contribution in [2.75, 3.05) is 13.3 Å². The third-order valence-corrected chi connectivity index (χ3v) is 4.29. The van der Waals surface area contributed by atoms with Crippen molar-refractivity contribution in [2.45, 2.75) is 25.7 Å². The Balaban J connectivity index is 1.66. The summed E-state index contributed by atoms with van der Waals surface area (Å²) in [4.78, 5) is 35.4. The van der Waals surface area contributed by atoms with Crippen LogP contribution in [0, 0.1) is 0 Å². The number of unbranched alkanes of at least 4 members (excludes halogenated alkanes) is 2. The molecule has 1 aromatic heterocycles. The van der Waals surface area contributed by atoms with E-state index < -0.39 is 17.8 Å². The van der Waals surface area contributed by atoms with Gasteiger partial charge < -0.3 is 34.4 Å². The number of nitrogens with one attached hydrogen (secondary N) is 2. The standard InChI is InChI=1S/C21H22N2O7/c24-19(25)6-2-1-3-9-22-20(26)15(23-21(27)17-5-4-10-28-17)11-14-7-8-16-18(12-14)30-13-29-16/h4-5,7-8,10-12H,1-3,6,9,13H2,(H,22,26)(H,23,27)(H,24,25)/p-1/b15-11-. The van der Waals surface area contributed by atoms with Crippen LogP contribution in [-0.4, -0.2) is 31.1 Å². The van der Waals surface area contributed by atoms with Crippen molar-refractivity contribution in [1.82, 2.24) is 10.6 Å². The monoisotopic (exact) mass is 413 g/mol. The third-order valence-electron chi connectivity index (χ3n) is 4.29. The Hall–Kier alpha value is -3.75. The number of aliphatic carboxylic acids is 1. The van der Waals surface area contributed by atoms with E-state index >= 15 is 0 Å². The lowest BCUT2D eigenvalue weighted by Gasteiger charge is -2.11. The summed E-state index contributed by atoms with van der Waals surface area (Å²) in [5, 5.41) is 15.7. The molecule has 1 aromatic carbocycles. The summed E-state index contributed by atoms with van der Waals surface area (Å²) in [5.41, 5.74) is 0.670. The quantitative estimate of drug-likeness (QED) is 0.442. The molecule has 0 radical (unpaired) electrons. The van der Waals surface area contributed by atoms with Gasteiger partial charge in [-0.05, 0) is 55.2 Å². The van der Waals surface area contributed by atoms with Gasteiger partial charge in [0.1, 0.15) is 5.70 Å². The van der Waals surface area contributed by atoms with Gasteiger partial charge in [-0.25, -0.2) is 0 Å². The van der Waals surface area contributed by atoms with Crippen LogP contribution >= 0.6 is 0 Å². The average Bonchev–Trinajstić information content (AvgIpc) is 3.41. The second-order valence-corrected chi connectivity index (χ2v) is 6.54. The summed E-state index contributed by atoms with van der Waals surface area (Å²) in [6, 6.07) is 8.22. The topological polar surface area (TPSA) is 130 Å². The predicted molar refractivity (Wildman–Crippen MR) is 103 cm³/mol. The summed E-state index contributed by atoms with van der Waals surface area (Å²) in [5.74, 6) is -0.901. The smallest absolute Gasteiger partial charge is 0.291 e. The third kappa shape index (κ3) is 5.87. The van der Waals surface area contributed by atoms with E-state index in [9.17, 15) is 19.5 Å². The molecule has 0 spiro atoms. The number of furan rings is 1. The molecule has 2 amide bonds. The zero-order valence-corrected chi connectivity index (χ0v) is 16.1. The molecule has 2 aromatic rings. The highest BCUT2D eigenvalue weighted by atomic mass is 16.7. The number of benzene rings is 1. The van der Waals surface area contributed by atoms with Gasteiger partial charge in [0.05, 0.1) is 6.26 Å². The first-order chi connectivity index (χ1) is 14.5. The molecule has 0 fully saturated rings. The summed E-state index contributed by atoms with van der Waals surface area (Å²) in [7, 11) is 0. The molecule has 9 nitrogen and oxygen atoms in total. The maximum Gasteiger partial charge on any atom is 0.291 e. The molecule has 0 saturated carbocycles. The summed E-state index contributed by atoms with van der Waals surface area (Å²) < 4.78 is 15.7. The van der Waals surface area contributed by atoms with Crippen LogP contribution in [0.3, 0.4) is 0 Å². The first kappa shape index (κ1) is 21.0. The Labute approximate surface area is 172 Å². The van der Waals surface area contributed by atoms with Gasteiger partial charge in [0.15, 0.2) is 17.3 Å². The van der Waals surface area contributed by atoms with Gasteiger partial charge in [-0.2, -0.15) is 0 Å². The van der Waals surface area contributed by atoms with Crippen LogP contribution in [0.15, 0.2) is 46.7 Å². The van der Waals surface area contributed by atoms with E-state index in [0.717, 1.165) is 0 Å². The molecule has 30 heavy (non-hydrogen) atoms. The fourth-order valence-electron chi connectivity index (χ4n) is 2.79. The van der Waals surface area contributed by atoms with Crippen LogP contribution in [0.25, 0.3) is 6.08 Å². The molecular formula is C21H21N2O7-. The van der Waals surface area contributed by atoms with Crippen molar-refractivity contribution in [3.8, 4) is 11.5 Å². The van der Waals surface area contributed by atoms with Crippen molar-refractivity contribution in [2.24, 2.45) is 0 Å². The van der Waals surface area contributed by atoms with Crippen LogP contribution in [0.5, 0.6) is 11.5 Å². The van der Waals surface area contributed by atoms with Crippen LogP contribution in [0.2, 0.25) is 0 Å². The van der Waals surface area contributed by atoms with Gasteiger partial charge in [-0.3, -0.25) is 9.59 Å². The van der Waals surface area contributed by atoms with Gasteiger partial charge in [-0.15, -0.1) is 0 Å². The van der Waals surface area contributed by atoms with Crippen molar-refractivity contribution < 1.29 is 33.4 Å². The van der Waals surface area contributed by atoms with Gasteiger partial charge in [0, 0.05) is 12.5 Å². The summed E-state index contributed by atoms with van der Waals surface area (Å²) in [6.07, 6.45) is 4.59. The molecule has 0 aliphatic carbocycles. The highest BCUT2D eigenvalue weighted by Crippen LogP contribution is 2.33. The Bertz CT molecular complexity index is 935. The Morgan fingerprint density at radius 1 is 1.07 bits per heavy atom. The minimum atomic E-state index is -1.09. The van der Waals surface area contributed by atoms with E-state index in [1.54, 1.807) is 24.3 Å². The number of amides is 2. The van der Waals surface area contributed by atoms with E-state index in [0.29, 0.717) is 42.9 Å². The highest BCUT2D eigenvalue weighted by Gasteiger charge is 2.17. The largest absolute Gasteiger partial charge is 0.550 e. The molecule has 0 bridgehead atoms. The van der Waals surface area contributed by atoms with Crippen LogP contribution < -0.4 is 25.2 Å². The molecule has 158 valence electrons. The van der Waals surface area contributed by atoms with Crippen LogP contribution in [0.4, 0.5) is 0 Å². The minimum absolute atomic E-state index is 0.0115. The SMILES string of the molecule is O=C([O-])CCCCCNC(=O)/C(=C/c1ccc2c(c1)OCO2)NC(=O)c1ccco1. The predicted octanol–water partition coefficient (Wildman–Crippen LogP) is 1.21. The van der Waals surface area contributed by atoms with E-state index in [4.69, 9.17) is 13.9 Å². The van der Waals surface area contributed by atoms with E-state index in [1.807, 2.05) is 0 Å². The van der Waals surface area contributed by atoms with E-state index in [-0.39, 0.29) is 24.7 Å². The lowest BCUT2D eigenvalue weighted by atomic mass is 10.1. The molecule has 2 heterocycles. The summed E-state index contributed by atoms with van der Waals surface area (Å²) in [6.45, 7) is 0.462. The maximum absolute atomic E-state index is 12.6. The van der Waals surface area contributed by atoms with Crippen molar-refractivity contribution in [1.29, 1.82) is 0 Å². The van der Waals surface area contributed by atoms with E-state index in [1.165, 1.54) is 18.4 Å². The number of carboxylic acid groups (broad SMARTS) is 1. The molecule has 1 aliphatic heterocycles.